The standard InChI is InChI=1S/C16H16N4/c1-10-2-5-15-14(8-10)19-16(20(15)11-3-4-11)12-6-7-18-9-13(12)17/h2,5-9,11H,3-4,17H2,1H3. The quantitative estimate of drug-likeness (QED) is 0.772. The second-order valence-electron chi connectivity index (χ2n) is 5.49. The molecule has 2 N–H and O–H groups in total. The Kier molecular flexibility index (Phi) is 2.33. The van der Waals surface area contributed by atoms with Gasteiger partial charge < -0.3 is 10.3 Å². The molecule has 2 aromatic heterocycles. The first-order valence-corrected chi connectivity index (χ1v) is 6.92. The molecular weight excluding hydrogens is 248 g/mol. The Morgan fingerprint density at radius 3 is 2.85 bits per heavy atom. The van der Waals surface area contributed by atoms with Crippen molar-refractivity contribution in [3.05, 3.63) is 42.2 Å². The van der Waals surface area contributed by atoms with Gasteiger partial charge in [0, 0.05) is 17.8 Å². The summed E-state index contributed by atoms with van der Waals surface area (Å²) in [5.74, 6) is 0.966. The third kappa shape index (κ3) is 1.68. The number of rotatable bonds is 2. The summed E-state index contributed by atoms with van der Waals surface area (Å²) < 4.78 is 2.33. The van der Waals surface area contributed by atoms with Gasteiger partial charge in [-0.25, -0.2) is 4.98 Å². The van der Waals surface area contributed by atoms with Crippen molar-refractivity contribution in [1.29, 1.82) is 0 Å². The highest BCUT2D eigenvalue weighted by Crippen LogP contribution is 2.42. The average molecular weight is 264 g/mol. The molecule has 0 amide bonds. The van der Waals surface area contributed by atoms with E-state index in [0.717, 1.165) is 16.9 Å². The number of aryl methyl sites for hydroxylation is 1. The lowest BCUT2D eigenvalue weighted by molar-refractivity contribution is 0.775. The molecular formula is C16H16N4. The largest absolute Gasteiger partial charge is 0.397 e. The van der Waals surface area contributed by atoms with Crippen LogP contribution in [-0.4, -0.2) is 14.5 Å². The third-order valence-electron chi connectivity index (χ3n) is 3.85. The maximum absolute atomic E-state index is 6.08. The number of imidazole rings is 1. The molecule has 4 heteroatoms. The van der Waals surface area contributed by atoms with E-state index in [-0.39, 0.29) is 0 Å². The maximum Gasteiger partial charge on any atom is 0.143 e. The Morgan fingerprint density at radius 2 is 2.10 bits per heavy atom. The van der Waals surface area contributed by atoms with Crippen LogP contribution in [0.25, 0.3) is 22.4 Å². The highest BCUT2D eigenvalue weighted by molar-refractivity contribution is 5.84. The minimum atomic E-state index is 0.560. The first kappa shape index (κ1) is 11.5. The van der Waals surface area contributed by atoms with E-state index >= 15 is 0 Å². The van der Waals surface area contributed by atoms with E-state index in [1.165, 1.54) is 23.9 Å². The van der Waals surface area contributed by atoms with E-state index in [0.29, 0.717) is 11.7 Å². The van der Waals surface area contributed by atoms with Crippen LogP contribution >= 0.6 is 0 Å². The van der Waals surface area contributed by atoms with Gasteiger partial charge in [-0.3, -0.25) is 4.98 Å². The Hall–Kier alpha value is -2.36. The van der Waals surface area contributed by atoms with Crippen LogP contribution in [0.4, 0.5) is 5.69 Å². The summed E-state index contributed by atoms with van der Waals surface area (Å²) in [7, 11) is 0. The van der Waals surface area contributed by atoms with E-state index in [1.54, 1.807) is 12.4 Å². The van der Waals surface area contributed by atoms with Crippen LogP contribution in [0.1, 0.15) is 24.4 Å². The van der Waals surface area contributed by atoms with Gasteiger partial charge >= 0.3 is 0 Å². The van der Waals surface area contributed by atoms with E-state index in [2.05, 4.69) is 34.7 Å². The monoisotopic (exact) mass is 264 g/mol. The summed E-state index contributed by atoms with van der Waals surface area (Å²) in [5, 5.41) is 0. The van der Waals surface area contributed by atoms with Crippen molar-refractivity contribution in [2.24, 2.45) is 0 Å². The number of pyridine rings is 1. The molecule has 1 saturated carbocycles. The van der Waals surface area contributed by atoms with Gasteiger partial charge in [-0.2, -0.15) is 0 Å². The highest BCUT2D eigenvalue weighted by atomic mass is 15.1. The molecule has 0 radical (unpaired) electrons. The fourth-order valence-electron chi connectivity index (χ4n) is 2.71. The summed E-state index contributed by atoms with van der Waals surface area (Å²) in [4.78, 5) is 8.89. The molecule has 100 valence electrons. The van der Waals surface area contributed by atoms with Gasteiger partial charge in [0.2, 0.25) is 0 Å². The van der Waals surface area contributed by atoms with Gasteiger partial charge in [0.05, 0.1) is 22.9 Å². The van der Waals surface area contributed by atoms with Crippen molar-refractivity contribution in [3.8, 4) is 11.4 Å². The zero-order valence-corrected chi connectivity index (χ0v) is 11.4. The second-order valence-corrected chi connectivity index (χ2v) is 5.49. The Bertz CT molecular complexity index is 799. The number of hydrogen-bond donors (Lipinski definition) is 1. The zero-order chi connectivity index (χ0) is 13.7. The van der Waals surface area contributed by atoms with Crippen molar-refractivity contribution < 1.29 is 0 Å². The topological polar surface area (TPSA) is 56.7 Å². The van der Waals surface area contributed by atoms with Crippen molar-refractivity contribution >= 4 is 16.7 Å². The van der Waals surface area contributed by atoms with Crippen molar-refractivity contribution in [1.82, 2.24) is 14.5 Å². The van der Waals surface area contributed by atoms with Gasteiger partial charge in [0.15, 0.2) is 0 Å². The van der Waals surface area contributed by atoms with E-state index in [9.17, 15) is 0 Å². The molecule has 0 saturated heterocycles. The fraction of sp³-hybridized carbons (Fsp3) is 0.250. The first-order valence-electron chi connectivity index (χ1n) is 6.92. The zero-order valence-electron chi connectivity index (χ0n) is 11.4. The maximum atomic E-state index is 6.08. The summed E-state index contributed by atoms with van der Waals surface area (Å²) in [6.45, 7) is 2.09. The molecule has 3 aromatic rings. The van der Waals surface area contributed by atoms with Gasteiger partial charge in [0.25, 0.3) is 0 Å². The van der Waals surface area contributed by atoms with E-state index < -0.39 is 0 Å². The SMILES string of the molecule is Cc1ccc2c(c1)nc(-c1ccncc1N)n2C1CC1. The molecule has 4 nitrogen and oxygen atoms in total. The molecule has 0 aliphatic heterocycles. The molecule has 0 atom stereocenters. The second kappa shape index (κ2) is 4.07. The number of aromatic nitrogens is 3. The van der Waals surface area contributed by atoms with Gasteiger partial charge in [0.1, 0.15) is 5.82 Å². The molecule has 1 aliphatic carbocycles. The minimum absolute atomic E-state index is 0.560. The van der Waals surface area contributed by atoms with Crippen LogP contribution < -0.4 is 5.73 Å². The van der Waals surface area contributed by atoms with Crippen LogP contribution in [0.5, 0.6) is 0 Å². The Labute approximate surface area is 117 Å². The molecule has 20 heavy (non-hydrogen) atoms. The van der Waals surface area contributed by atoms with Crippen LogP contribution in [0.3, 0.4) is 0 Å². The van der Waals surface area contributed by atoms with Gasteiger partial charge in [-0.1, -0.05) is 6.07 Å². The summed E-state index contributed by atoms with van der Waals surface area (Å²) >= 11 is 0. The fourth-order valence-corrected chi connectivity index (χ4v) is 2.71. The number of nitrogens with zero attached hydrogens (tertiary/aromatic N) is 3. The number of benzene rings is 1. The lowest BCUT2D eigenvalue weighted by Gasteiger charge is -2.09. The van der Waals surface area contributed by atoms with Crippen LogP contribution in [0.2, 0.25) is 0 Å². The number of fused-ring (bicyclic) bond motifs is 1. The molecule has 1 aromatic carbocycles. The first-order chi connectivity index (χ1) is 9.74. The summed E-state index contributed by atoms with van der Waals surface area (Å²) in [6.07, 6.45) is 5.90. The lowest BCUT2D eigenvalue weighted by atomic mass is 10.2. The number of anilines is 1. The molecule has 2 heterocycles. The predicted octanol–water partition coefficient (Wildman–Crippen LogP) is 3.32. The summed E-state index contributed by atoms with van der Waals surface area (Å²) in [6, 6.07) is 8.95. The van der Waals surface area contributed by atoms with Crippen molar-refractivity contribution in [3.63, 3.8) is 0 Å². The molecule has 0 unspecified atom stereocenters. The van der Waals surface area contributed by atoms with Crippen molar-refractivity contribution in [2.45, 2.75) is 25.8 Å². The Balaban J connectivity index is 2.03. The minimum Gasteiger partial charge on any atom is -0.397 e. The smallest absolute Gasteiger partial charge is 0.143 e. The molecule has 1 aliphatic rings. The number of hydrogen-bond acceptors (Lipinski definition) is 3. The van der Waals surface area contributed by atoms with Crippen LogP contribution in [0.15, 0.2) is 36.7 Å². The normalized spacial score (nSPS) is 14.8. The van der Waals surface area contributed by atoms with E-state index in [1.807, 2.05) is 6.07 Å². The molecule has 4 rings (SSSR count). The Morgan fingerprint density at radius 1 is 1.25 bits per heavy atom. The third-order valence-corrected chi connectivity index (χ3v) is 3.85. The average Bonchev–Trinajstić information content (AvgIpc) is 3.20. The van der Waals surface area contributed by atoms with Crippen molar-refractivity contribution in [2.75, 3.05) is 5.73 Å². The molecule has 0 bridgehead atoms. The molecule has 1 fully saturated rings. The summed E-state index contributed by atoms with van der Waals surface area (Å²) in [5.41, 5.74) is 11.2. The molecule has 0 spiro atoms. The lowest BCUT2D eigenvalue weighted by Crippen LogP contribution is -2.00. The highest BCUT2D eigenvalue weighted by Gasteiger charge is 2.29. The van der Waals surface area contributed by atoms with Crippen LogP contribution in [0, 0.1) is 6.92 Å². The number of nitrogen functional groups attached to an aromatic ring is 1. The van der Waals surface area contributed by atoms with Gasteiger partial charge in [-0.15, -0.1) is 0 Å². The van der Waals surface area contributed by atoms with E-state index in [4.69, 9.17) is 10.7 Å². The number of nitrogens with two attached hydrogens (primary N) is 1. The van der Waals surface area contributed by atoms with Gasteiger partial charge in [-0.05, 0) is 43.5 Å². The predicted molar refractivity (Wildman–Crippen MR) is 80.4 cm³/mol. The van der Waals surface area contributed by atoms with Crippen LogP contribution in [-0.2, 0) is 0 Å².